The molecule has 31 heavy (non-hydrogen) atoms. The first-order chi connectivity index (χ1) is 14.9. The summed E-state index contributed by atoms with van der Waals surface area (Å²) in [7, 11) is 6.16. The summed E-state index contributed by atoms with van der Waals surface area (Å²) in [6.07, 6.45) is 0. The number of hydrogen-bond donors (Lipinski definition) is 1. The van der Waals surface area contributed by atoms with Gasteiger partial charge in [-0.15, -0.1) is 0 Å². The van der Waals surface area contributed by atoms with Gasteiger partial charge in [0.1, 0.15) is 5.82 Å². The molecule has 3 rings (SSSR count). The third-order valence-electron chi connectivity index (χ3n) is 4.88. The second-order valence-corrected chi connectivity index (χ2v) is 7.43. The van der Waals surface area contributed by atoms with Crippen LogP contribution in [0.4, 0.5) is 0 Å². The topological polar surface area (TPSA) is 110 Å². The predicted molar refractivity (Wildman–Crippen MR) is 116 cm³/mol. The molecule has 0 aliphatic rings. The summed E-state index contributed by atoms with van der Waals surface area (Å²) in [4.78, 5) is 32.4. The van der Waals surface area contributed by atoms with E-state index in [1.54, 1.807) is 23.8 Å². The van der Waals surface area contributed by atoms with Gasteiger partial charge in [0.05, 0.1) is 27.9 Å². The van der Waals surface area contributed by atoms with Crippen molar-refractivity contribution in [2.75, 3.05) is 35.0 Å². The van der Waals surface area contributed by atoms with E-state index in [0.29, 0.717) is 59.5 Å². The number of imidazole rings is 1. The standard InChI is InChI=1S/C21H28N4O6/c1-12(2)11-25-19-16(20(26)23-21(25)27)24(7-8-28-3)18(22-19)13-9-14(29-4)17(31-6)15(10-13)30-5/h9-10,12H,7-8,11H2,1-6H3,(H,23,26,27). The van der Waals surface area contributed by atoms with E-state index in [4.69, 9.17) is 23.9 Å². The van der Waals surface area contributed by atoms with Crippen LogP contribution in [0.2, 0.25) is 0 Å². The number of nitrogens with one attached hydrogen (secondary N) is 1. The zero-order chi connectivity index (χ0) is 22.7. The lowest BCUT2D eigenvalue weighted by Gasteiger charge is -2.15. The van der Waals surface area contributed by atoms with Crippen LogP contribution >= 0.6 is 0 Å². The lowest BCUT2D eigenvalue weighted by Crippen LogP contribution is -2.32. The van der Waals surface area contributed by atoms with E-state index in [0.717, 1.165) is 0 Å². The monoisotopic (exact) mass is 432 g/mol. The molecular formula is C21H28N4O6. The first-order valence-corrected chi connectivity index (χ1v) is 9.88. The lowest BCUT2D eigenvalue weighted by molar-refractivity contribution is 0.188. The number of nitrogens with zero attached hydrogens (tertiary/aromatic N) is 3. The summed E-state index contributed by atoms with van der Waals surface area (Å²) in [5.74, 6) is 2.02. The SMILES string of the molecule is COCCn1c(-c2cc(OC)c(OC)c(OC)c2)nc2c1c(=O)[nH]c(=O)n2CC(C)C. The van der Waals surface area contributed by atoms with Crippen molar-refractivity contribution in [2.45, 2.75) is 26.9 Å². The van der Waals surface area contributed by atoms with Crippen LogP contribution in [0, 0.1) is 5.92 Å². The smallest absolute Gasteiger partial charge is 0.330 e. The average molecular weight is 432 g/mol. The minimum Gasteiger partial charge on any atom is -0.493 e. The third kappa shape index (κ3) is 4.15. The minimum atomic E-state index is -0.498. The molecule has 2 aromatic heterocycles. The number of rotatable bonds is 9. The molecular weight excluding hydrogens is 404 g/mol. The van der Waals surface area contributed by atoms with Crippen molar-refractivity contribution >= 4 is 11.2 Å². The van der Waals surface area contributed by atoms with E-state index in [-0.39, 0.29) is 5.92 Å². The highest BCUT2D eigenvalue weighted by Gasteiger charge is 2.22. The number of aromatic amines is 1. The largest absolute Gasteiger partial charge is 0.493 e. The highest BCUT2D eigenvalue weighted by atomic mass is 16.5. The molecule has 0 aliphatic carbocycles. The fourth-order valence-corrected chi connectivity index (χ4v) is 3.54. The molecule has 0 amide bonds. The maximum Gasteiger partial charge on any atom is 0.330 e. The Labute approximate surface area is 179 Å². The third-order valence-corrected chi connectivity index (χ3v) is 4.88. The van der Waals surface area contributed by atoms with Crippen molar-refractivity contribution in [3.05, 3.63) is 33.0 Å². The fourth-order valence-electron chi connectivity index (χ4n) is 3.54. The maximum atomic E-state index is 12.8. The van der Waals surface area contributed by atoms with Gasteiger partial charge in [-0.25, -0.2) is 9.78 Å². The van der Waals surface area contributed by atoms with Crippen molar-refractivity contribution in [1.29, 1.82) is 0 Å². The number of methoxy groups -OCH3 is 4. The molecule has 10 heteroatoms. The number of hydrogen-bond acceptors (Lipinski definition) is 7. The lowest BCUT2D eigenvalue weighted by atomic mass is 10.1. The number of ether oxygens (including phenoxy) is 4. The van der Waals surface area contributed by atoms with Gasteiger partial charge in [-0.3, -0.25) is 14.3 Å². The summed E-state index contributed by atoms with van der Waals surface area (Å²) in [6, 6.07) is 3.51. The second-order valence-electron chi connectivity index (χ2n) is 7.43. The summed E-state index contributed by atoms with van der Waals surface area (Å²) in [6.45, 7) is 5.12. The Bertz CT molecular complexity index is 1170. The van der Waals surface area contributed by atoms with E-state index >= 15 is 0 Å². The van der Waals surface area contributed by atoms with E-state index < -0.39 is 11.2 Å². The van der Waals surface area contributed by atoms with Crippen LogP contribution in [0.3, 0.4) is 0 Å². The highest BCUT2D eigenvalue weighted by molar-refractivity contribution is 5.78. The Hall–Kier alpha value is -3.27. The molecule has 0 aliphatic heterocycles. The molecule has 0 bridgehead atoms. The van der Waals surface area contributed by atoms with E-state index in [9.17, 15) is 9.59 Å². The fraction of sp³-hybridized carbons (Fsp3) is 0.476. The molecule has 0 saturated carbocycles. The van der Waals surface area contributed by atoms with Crippen molar-refractivity contribution in [2.24, 2.45) is 5.92 Å². The van der Waals surface area contributed by atoms with Crippen molar-refractivity contribution < 1.29 is 18.9 Å². The number of H-pyrrole nitrogens is 1. The van der Waals surface area contributed by atoms with E-state index in [2.05, 4.69) is 4.98 Å². The van der Waals surface area contributed by atoms with Crippen LogP contribution < -0.4 is 25.5 Å². The molecule has 1 aromatic carbocycles. The summed E-state index contributed by atoms with van der Waals surface area (Å²) in [5.41, 5.74) is 0.287. The van der Waals surface area contributed by atoms with Gasteiger partial charge >= 0.3 is 5.69 Å². The molecule has 10 nitrogen and oxygen atoms in total. The van der Waals surface area contributed by atoms with E-state index in [1.807, 2.05) is 13.8 Å². The van der Waals surface area contributed by atoms with Crippen LogP contribution in [0.1, 0.15) is 13.8 Å². The molecule has 0 radical (unpaired) electrons. The zero-order valence-corrected chi connectivity index (χ0v) is 18.6. The number of fused-ring (bicyclic) bond motifs is 1. The summed E-state index contributed by atoms with van der Waals surface area (Å²) in [5, 5.41) is 0. The molecule has 0 atom stereocenters. The Kier molecular flexibility index (Phi) is 6.69. The van der Waals surface area contributed by atoms with Gasteiger partial charge < -0.3 is 23.5 Å². The number of benzene rings is 1. The Morgan fingerprint density at radius 3 is 2.16 bits per heavy atom. The van der Waals surface area contributed by atoms with Gasteiger partial charge in [0.2, 0.25) is 5.75 Å². The van der Waals surface area contributed by atoms with Gasteiger partial charge in [0.15, 0.2) is 22.7 Å². The molecule has 168 valence electrons. The first kappa shape index (κ1) is 22.4. The van der Waals surface area contributed by atoms with Crippen LogP contribution in [0.25, 0.3) is 22.6 Å². The Morgan fingerprint density at radius 1 is 1.00 bits per heavy atom. The van der Waals surface area contributed by atoms with Gasteiger partial charge in [-0.2, -0.15) is 0 Å². The second kappa shape index (κ2) is 9.25. The van der Waals surface area contributed by atoms with Gasteiger partial charge in [0.25, 0.3) is 5.56 Å². The first-order valence-electron chi connectivity index (χ1n) is 9.88. The molecule has 0 spiro atoms. The van der Waals surface area contributed by atoms with Gasteiger partial charge in [-0.05, 0) is 18.1 Å². The van der Waals surface area contributed by atoms with Crippen LogP contribution in [0.15, 0.2) is 21.7 Å². The minimum absolute atomic E-state index is 0.181. The van der Waals surface area contributed by atoms with Crippen LogP contribution in [-0.4, -0.2) is 54.1 Å². The molecule has 0 fully saturated rings. The Balaban J connectivity index is 2.38. The van der Waals surface area contributed by atoms with Crippen LogP contribution in [0.5, 0.6) is 17.2 Å². The average Bonchev–Trinajstić information content (AvgIpc) is 3.13. The quantitative estimate of drug-likeness (QED) is 0.550. The summed E-state index contributed by atoms with van der Waals surface area (Å²) >= 11 is 0. The number of aromatic nitrogens is 4. The molecule has 0 unspecified atom stereocenters. The Morgan fingerprint density at radius 2 is 1.65 bits per heavy atom. The normalized spacial score (nSPS) is 11.3. The van der Waals surface area contributed by atoms with Crippen LogP contribution in [-0.2, 0) is 17.8 Å². The van der Waals surface area contributed by atoms with Gasteiger partial charge in [-0.1, -0.05) is 13.8 Å². The molecule has 1 N–H and O–H groups in total. The molecule has 3 aromatic rings. The van der Waals surface area contributed by atoms with E-state index in [1.165, 1.54) is 25.9 Å². The maximum absolute atomic E-state index is 12.8. The van der Waals surface area contributed by atoms with Crippen molar-refractivity contribution in [3.63, 3.8) is 0 Å². The van der Waals surface area contributed by atoms with Crippen molar-refractivity contribution in [3.8, 4) is 28.6 Å². The molecule has 0 saturated heterocycles. The zero-order valence-electron chi connectivity index (χ0n) is 18.6. The highest BCUT2D eigenvalue weighted by Crippen LogP contribution is 2.41. The predicted octanol–water partition coefficient (Wildman–Crippen LogP) is 1.88. The van der Waals surface area contributed by atoms with Crippen molar-refractivity contribution in [1.82, 2.24) is 19.1 Å². The molecule has 2 heterocycles. The summed E-state index contributed by atoms with van der Waals surface area (Å²) < 4.78 is 24.8. The van der Waals surface area contributed by atoms with Gasteiger partial charge in [0, 0.05) is 25.8 Å².